The highest BCUT2D eigenvalue weighted by Crippen LogP contribution is 2.26. The number of imidazole rings is 1. The van der Waals surface area contributed by atoms with Crippen molar-refractivity contribution >= 4 is 11.6 Å². The summed E-state index contributed by atoms with van der Waals surface area (Å²) >= 11 is 0. The lowest BCUT2D eigenvalue weighted by molar-refractivity contribution is -0.136. The number of hydrogen-bond acceptors (Lipinski definition) is 2. The van der Waals surface area contributed by atoms with Crippen molar-refractivity contribution in [2.45, 2.75) is 26.7 Å². The average molecular weight is 294 g/mol. The van der Waals surface area contributed by atoms with E-state index in [1.807, 2.05) is 60.8 Å². The Hall–Kier alpha value is -2.62. The number of carboxylic acids is 1. The third-order valence-corrected chi connectivity index (χ3v) is 3.77. The number of carbonyl (C=O) groups is 1. The Morgan fingerprint density at radius 1 is 1.09 bits per heavy atom. The molecule has 0 atom stereocenters. The monoisotopic (exact) mass is 294 g/mol. The fraction of sp³-hybridized carbons (Fsp3) is 0.222. The molecular weight excluding hydrogens is 276 g/mol. The predicted octanol–water partition coefficient (Wildman–Crippen LogP) is 3.64. The van der Waals surface area contributed by atoms with Crippen LogP contribution in [0.3, 0.4) is 0 Å². The molecule has 0 radical (unpaired) electrons. The molecule has 2 heterocycles. The first-order valence-electron chi connectivity index (χ1n) is 7.31. The maximum atomic E-state index is 11.0. The number of benzene rings is 1. The maximum absolute atomic E-state index is 11.0. The molecular formula is C18H18N2O2. The number of carboxylic acid groups (broad SMARTS) is 1. The van der Waals surface area contributed by atoms with Gasteiger partial charge in [-0.1, -0.05) is 35.9 Å². The highest BCUT2D eigenvalue weighted by molar-refractivity contribution is 5.70. The number of rotatable bonds is 4. The zero-order valence-corrected chi connectivity index (χ0v) is 12.7. The Morgan fingerprint density at radius 2 is 1.77 bits per heavy atom. The molecule has 112 valence electrons. The smallest absolute Gasteiger partial charge is 0.303 e. The third kappa shape index (κ3) is 2.72. The lowest BCUT2D eigenvalue weighted by Gasteiger charge is -2.05. The molecule has 3 rings (SSSR count). The number of hydrogen-bond donors (Lipinski definition) is 1. The standard InChI is InChI=1S/C18H18N2O2/c1-12-3-6-14(7-4-12)18-15(8-10-17(21)22)20-11-13(2)5-9-16(20)19-18/h3-7,9,11H,8,10H2,1-2H3,(H,21,22). The van der Waals surface area contributed by atoms with Crippen molar-refractivity contribution in [3.63, 3.8) is 0 Å². The van der Waals surface area contributed by atoms with Gasteiger partial charge in [0.05, 0.1) is 17.8 Å². The molecule has 0 amide bonds. The number of aromatic nitrogens is 2. The molecule has 0 saturated carbocycles. The molecule has 0 saturated heterocycles. The quantitative estimate of drug-likeness (QED) is 0.799. The van der Waals surface area contributed by atoms with Crippen molar-refractivity contribution in [2.75, 3.05) is 0 Å². The molecule has 0 spiro atoms. The van der Waals surface area contributed by atoms with Crippen LogP contribution in [0.2, 0.25) is 0 Å². The normalized spacial score (nSPS) is 11.0. The number of pyridine rings is 1. The van der Waals surface area contributed by atoms with Gasteiger partial charge in [-0.2, -0.15) is 0 Å². The second kappa shape index (κ2) is 5.64. The summed E-state index contributed by atoms with van der Waals surface area (Å²) < 4.78 is 2.01. The van der Waals surface area contributed by atoms with Crippen molar-refractivity contribution < 1.29 is 9.90 Å². The van der Waals surface area contributed by atoms with Crippen molar-refractivity contribution in [2.24, 2.45) is 0 Å². The van der Waals surface area contributed by atoms with Crippen LogP contribution < -0.4 is 0 Å². The predicted molar refractivity (Wildman–Crippen MR) is 86.1 cm³/mol. The van der Waals surface area contributed by atoms with Gasteiger partial charge in [0.15, 0.2) is 0 Å². The Morgan fingerprint density at radius 3 is 2.45 bits per heavy atom. The van der Waals surface area contributed by atoms with Gasteiger partial charge in [0.2, 0.25) is 0 Å². The molecule has 0 fully saturated rings. The highest BCUT2D eigenvalue weighted by Gasteiger charge is 2.15. The molecule has 0 unspecified atom stereocenters. The number of aliphatic carboxylic acids is 1. The second-order valence-electron chi connectivity index (χ2n) is 5.60. The van der Waals surface area contributed by atoms with E-state index in [0.29, 0.717) is 6.42 Å². The molecule has 0 aliphatic carbocycles. The van der Waals surface area contributed by atoms with Crippen molar-refractivity contribution in [3.05, 3.63) is 59.4 Å². The van der Waals surface area contributed by atoms with Gasteiger partial charge in [-0.25, -0.2) is 4.98 Å². The highest BCUT2D eigenvalue weighted by atomic mass is 16.4. The van der Waals surface area contributed by atoms with Crippen LogP contribution in [0.25, 0.3) is 16.9 Å². The van der Waals surface area contributed by atoms with Gasteiger partial charge in [0.25, 0.3) is 0 Å². The van der Waals surface area contributed by atoms with E-state index in [1.54, 1.807) is 0 Å². The van der Waals surface area contributed by atoms with Gasteiger partial charge in [0.1, 0.15) is 5.65 Å². The summed E-state index contributed by atoms with van der Waals surface area (Å²) in [6, 6.07) is 12.2. The Balaban J connectivity index is 2.16. The van der Waals surface area contributed by atoms with E-state index in [-0.39, 0.29) is 6.42 Å². The Bertz CT molecular complexity index is 832. The van der Waals surface area contributed by atoms with Crippen molar-refractivity contribution in [3.8, 4) is 11.3 Å². The largest absolute Gasteiger partial charge is 0.481 e. The van der Waals surface area contributed by atoms with Crippen molar-refractivity contribution in [1.82, 2.24) is 9.38 Å². The van der Waals surface area contributed by atoms with E-state index < -0.39 is 5.97 Å². The second-order valence-corrected chi connectivity index (χ2v) is 5.60. The van der Waals surface area contributed by atoms with Gasteiger partial charge >= 0.3 is 5.97 Å². The first-order valence-corrected chi connectivity index (χ1v) is 7.31. The third-order valence-electron chi connectivity index (χ3n) is 3.77. The zero-order valence-electron chi connectivity index (χ0n) is 12.7. The summed E-state index contributed by atoms with van der Waals surface area (Å²) in [5.41, 5.74) is 6.00. The first kappa shape index (κ1) is 14.3. The topological polar surface area (TPSA) is 54.6 Å². The maximum Gasteiger partial charge on any atom is 0.303 e. The van der Waals surface area contributed by atoms with Crippen LogP contribution in [0.1, 0.15) is 23.2 Å². The molecule has 3 aromatic rings. The van der Waals surface area contributed by atoms with Crippen LogP contribution >= 0.6 is 0 Å². The van der Waals surface area contributed by atoms with E-state index in [1.165, 1.54) is 5.56 Å². The summed E-state index contributed by atoms with van der Waals surface area (Å²) in [5.74, 6) is -0.794. The van der Waals surface area contributed by atoms with Gasteiger partial charge < -0.3 is 9.51 Å². The molecule has 1 aromatic carbocycles. The fourth-order valence-corrected chi connectivity index (χ4v) is 2.61. The fourth-order valence-electron chi connectivity index (χ4n) is 2.61. The van der Waals surface area contributed by atoms with Gasteiger partial charge in [-0.3, -0.25) is 4.79 Å². The van der Waals surface area contributed by atoms with E-state index in [0.717, 1.165) is 28.2 Å². The molecule has 0 bridgehead atoms. The first-order chi connectivity index (χ1) is 10.5. The number of nitrogens with zero attached hydrogens (tertiary/aromatic N) is 2. The summed E-state index contributed by atoms with van der Waals surface area (Å²) in [4.78, 5) is 15.7. The van der Waals surface area contributed by atoms with Crippen molar-refractivity contribution in [1.29, 1.82) is 0 Å². The zero-order chi connectivity index (χ0) is 15.7. The molecule has 22 heavy (non-hydrogen) atoms. The van der Waals surface area contributed by atoms with Gasteiger partial charge in [-0.05, 0) is 25.5 Å². The lowest BCUT2D eigenvalue weighted by Crippen LogP contribution is -2.01. The van der Waals surface area contributed by atoms with E-state index in [9.17, 15) is 4.79 Å². The van der Waals surface area contributed by atoms with E-state index in [4.69, 9.17) is 10.1 Å². The van der Waals surface area contributed by atoms with E-state index in [2.05, 4.69) is 0 Å². The molecule has 2 aromatic heterocycles. The van der Waals surface area contributed by atoms with Gasteiger partial charge in [0, 0.05) is 18.2 Å². The Kier molecular flexibility index (Phi) is 3.67. The van der Waals surface area contributed by atoms with Crippen LogP contribution in [0.15, 0.2) is 42.6 Å². The Labute approximate surface area is 129 Å². The molecule has 4 heteroatoms. The minimum absolute atomic E-state index is 0.0978. The van der Waals surface area contributed by atoms with Crippen LogP contribution in [-0.2, 0) is 11.2 Å². The SMILES string of the molecule is Cc1ccc(-c2nc3ccc(C)cn3c2CCC(=O)O)cc1. The average Bonchev–Trinajstić information content (AvgIpc) is 2.83. The minimum atomic E-state index is -0.794. The van der Waals surface area contributed by atoms with Crippen LogP contribution in [0.4, 0.5) is 0 Å². The molecule has 1 N–H and O–H groups in total. The van der Waals surface area contributed by atoms with Crippen LogP contribution in [0.5, 0.6) is 0 Å². The minimum Gasteiger partial charge on any atom is -0.481 e. The lowest BCUT2D eigenvalue weighted by atomic mass is 10.1. The summed E-state index contributed by atoms with van der Waals surface area (Å²) in [6.07, 6.45) is 2.57. The number of aryl methyl sites for hydroxylation is 3. The van der Waals surface area contributed by atoms with Crippen LogP contribution in [-0.4, -0.2) is 20.5 Å². The van der Waals surface area contributed by atoms with E-state index >= 15 is 0 Å². The summed E-state index contributed by atoms with van der Waals surface area (Å²) in [6.45, 7) is 4.06. The summed E-state index contributed by atoms with van der Waals surface area (Å²) in [5, 5.41) is 9.01. The summed E-state index contributed by atoms with van der Waals surface area (Å²) in [7, 11) is 0. The van der Waals surface area contributed by atoms with Crippen LogP contribution in [0, 0.1) is 13.8 Å². The molecule has 0 aliphatic heterocycles. The number of fused-ring (bicyclic) bond motifs is 1. The molecule has 4 nitrogen and oxygen atoms in total. The van der Waals surface area contributed by atoms with Gasteiger partial charge in [-0.15, -0.1) is 0 Å². The molecule has 0 aliphatic rings.